The first kappa shape index (κ1) is 19.2. The largest absolute Gasteiger partial charge is 0.454 e. The van der Waals surface area contributed by atoms with Gasteiger partial charge in [-0.1, -0.05) is 18.2 Å². The SMILES string of the molecule is O=C(C1CC1)N1CC[C@@H](Cc2n[nH]c(=O)n2-c2ccc(-c3ccc4c(c3)OCO4)cc2)C1. The third kappa shape index (κ3) is 3.45. The monoisotopic (exact) mass is 432 g/mol. The number of hydrogen-bond donors (Lipinski definition) is 1. The number of nitrogens with one attached hydrogen (secondary N) is 1. The molecular weight excluding hydrogens is 408 g/mol. The maximum absolute atomic E-state index is 12.5. The fourth-order valence-corrected chi connectivity index (χ4v) is 4.66. The van der Waals surface area contributed by atoms with Gasteiger partial charge in [0.1, 0.15) is 5.82 Å². The van der Waals surface area contributed by atoms with Crippen molar-refractivity contribution in [3.05, 3.63) is 58.8 Å². The van der Waals surface area contributed by atoms with Crippen LogP contribution >= 0.6 is 0 Å². The van der Waals surface area contributed by atoms with Crippen molar-refractivity contribution in [2.24, 2.45) is 11.8 Å². The van der Waals surface area contributed by atoms with Crippen molar-refractivity contribution in [2.75, 3.05) is 19.9 Å². The normalized spacial score (nSPS) is 19.5. The number of ether oxygens (including phenoxy) is 2. The van der Waals surface area contributed by atoms with Gasteiger partial charge in [-0.2, -0.15) is 5.10 Å². The number of likely N-dealkylation sites (tertiary alicyclic amines) is 1. The minimum atomic E-state index is -0.250. The highest BCUT2D eigenvalue weighted by Gasteiger charge is 2.36. The highest BCUT2D eigenvalue weighted by molar-refractivity contribution is 5.81. The molecule has 0 bridgehead atoms. The Bertz CT molecular complexity index is 1230. The lowest BCUT2D eigenvalue weighted by Gasteiger charge is -2.16. The molecule has 1 saturated carbocycles. The highest BCUT2D eigenvalue weighted by Crippen LogP contribution is 2.36. The number of carbonyl (C=O) groups excluding carboxylic acids is 1. The summed E-state index contributed by atoms with van der Waals surface area (Å²) < 4.78 is 12.5. The second-order valence-electron chi connectivity index (χ2n) is 8.81. The smallest absolute Gasteiger partial charge is 0.347 e. The molecule has 2 aliphatic heterocycles. The molecule has 1 aliphatic carbocycles. The van der Waals surface area contributed by atoms with E-state index in [4.69, 9.17) is 9.47 Å². The molecule has 6 rings (SSSR count). The van der Waals surface area contributed by atoms with Crippen molar-refractivity contribution in [1.82, 2.24) is 19.7 Å². The lowest BCUT2D eigenvalue weighted by molar-refractivity contribution is -0.131. The summed E-state index contributed by atoms with van der Waals surface area (Å²) in [6, 6.07) is 13.7. The number of benzene rings is 2. The first-order chi connectivity index (χ1) is 15.7. The molecule has 1 saturated heterocycles. The van der Waals surface area contributed by atoms with E-state index < -0.39 is 0 Å². The van der Waals surface area contributed by atoms with E-state index in [2.05, 4.69) is 10.2 Å². The van der Waals surface area contributed by atoms with Crippen molar-refractivity contribution in [2.45, 2.75) is 25.7 Å². The summed E-state index contributed by atoms with van der Waals surface area (Å²) in [5.74, 6) is 3.07. The molecule has 3 aliphatic rings. The number of nitrogens with zero attached hydrogens (tertiary/aromatic N) is 3. The summed E-state index contributed by atoms with van der Waals surface area (Å²) in [6.45, 7) is 1.80. The second-order valence-corrected chi connectivity index (χ2v) is 8.81. The number of H-pyrrole nitrogens is 1. The highest BCUT2D eigenvalue weighted by atomic mass is 16.7. The number of carbonyl (C=O) groups is 1. The maximum Gasteiger partial charge on any atom is 0.347 e. The molecule has 1 atom stereocenters. The van der Waals surface area contributed by atoms with Crippen LogP contribution in [0, 0.1) is 11.8 Å². The topological polar surface area (TPSA) is 89.5 Å². The zero-order chi connectivity index (χ0) is 21.7. The Morgan fingerprint density at radius 1 is 1.03 bits per heavy atom. The lowest BCUT2D eigenvalue weighted by atomic mass is 10.0. The van der Waals surface area contributed by atoms with Crippen LogP contribution in [0.3, 0.4) is 0 Å². The van der Waals surface area contributed by atoms with E-state index in [1.165, 1.54) is 0 Å². The number of amides is 1. The van der Waals surface area contributed by atoms with Gasteiger partial charge in [0.15, 0.2) is 11.5 Å². The van der Waals surface area contributed by atoms with Crippen molar-refractivity contribution in [3.8, 4) is 28.3 Å². The standard InChI is InChI=1S/C24H24N4O4/c29-23(17-1-2-17)27-10-9-15(13-27)11-22-25-26-24(30)28(22)19-6-3-16(4-7-19)18-5-8-20-21(12-18)32-14-31-20/h3-8,12,15,17H,1-2,9-11,13-14H2,(H,26,30)/t15-/m0/s1. The summed E-state index contributed by atoms with van der Waals surface area (Å²) >= 11 is 0. The van der Waals surface area contributed by atoms with Crippen molar-refractivity contribution >= 4 is 5.91 Å². The molecule has 3 heterocycles. The molecule has 1 N–H and O–H groups in total. The van der Waals surface area contributed by atoms with Crippen LogP contribution in [-0.2, 0) is 11.2 Å². The van der Waals surface area contributed by atoms with Crippen LogP contribution in [-0.4, -0.2) is 45.5 Å². The molecule has 1 amide bonds. The molecule has 0 unspecified atom stereocenters. The third-order valence-electron chi connectivity index (χ3n) is 6.57. The molecule has 3 aromatic rings. The zero-order valence-corrected chi connectivity index (χ0v) is 17.6. The van der Waals surface area contributed by atoms with Gasteiger partial charge in [-0.05, 0) is 60.6 Å². The number of rotatable bonds is 5. The summed E-state index contributed by atoms with van der Waals surface area (Å²) in [6.07, 6.45) is 3.67. The van der Waals surface area contributed by atoms with E-state index >= 15 is 0 Å². The molecule has 8 nitrogen and oxygen atoms in total. The Labute approximate surface area is 184 Å². The molecule has 164 valence electrons. The number of aromatic amines is 1. The van der Waals surface area contributed by atoms with Gasteiger partial charge in [0.05, 0.1) is 5.69 Å². The molecule has 2 aromatic carbocycles. The number of hydrogen-bond acceptors (Lipinski definition) is 5. The van der Waals surface area contributed by atoms with Crippen LogP contribution in [0.4, 0.5) is 0 Å². The predicted octanol–water partition coefficient (Wildman–Crippen LogP) is 2.76. The zero-order valence-electron chi connectivity index (χ0n) is 17.6. The van der Waals surface area contributed by atoms with Crippen LogP contribution < -0.4 is 15.2 Å². The van der Waals surface area contributed by atoms with Crippen molar-refractivity contribution in [3.63, 3.8) is 0 Å². The fourth-order valence-electron chi connectivity index (χ4n) is 4.66. The fraction of sp³-hybridized carbons (Fsp3) is 0.375. The Balaban J connectivity index is 1.20. The quantitative estimate of drug-likeness (QED) is 0.670. The van der Waals surface area contributed by atoms with Crippen molar-refractivity contribution in [1.29, 1.82) is 0 Å². The Kier molecular flexibility index (Phi) is 4.52. The van der Waals surface area contributed by atoms with E-state index in [0.29, 0.717) is 24.1 Å². The van der Waals surface area contributed by atoms with E-state index in [9.17, 15) is 9.59 Å². The maximum atomic E-state index is 12.5. The summed E-state index contributed by atoms with van der Waals surface area (Å²) in [4.78, 5) is 26.8. The minimum Gasteiger partial charge on any atom is -0.454 e. The van der Waals surface area contributed by atoms with Gasteiger partial charge in [0, 0.05) is 25.4 Å². The molecule has 0 spiro atoms. The Morgan fingerprint density at radius 3 is 2.62 bits per heavy atom. The Hall–Kier alpha value is -3.55. The number of fused-ring (bicyclic) bond motifs is 1. The Morgan fingerprint density at radius 2 is 1.81 bits per heavy atom. The summed E-state index contributed by atoms with van der Waals surface area (Å²) in [5, 5.41) is 6.88. The van der Waals surface area contributed by atoms with Gasteiger partial charge in [0.25, 0.3) is 0 Å². The lowest BCUT2D eigenvalue weighted by Crippen LogP contribution is -2.30. The predicted molar refractivity (Wildman–Crippen MR) is 117 cm³/mol. The minimum absolute atomic E-state index is 0.247. The second kappa shape index (κ2) is 7.55. The molecule has 2 fully saturated rings. The molecule has 0 radical (unpaired) electrons. The third-order valence-corrected chi connectivity index (χ3v) is 6.57. The van der Waals surface area contributed by atoms with Gasteiger partial charge < -0.3 is 14.4 Å². The van der Waals surface area contributed by atoms with Crippen LogP contribution in [0.25, 0.3) is 16.8 Å². The van der Waals surface area contributed by atoms with Crippen LogP contribution in [0.15, 0.2) is 47.3 Å². The molecule has 32 heavy (non-hydrogen) atoms. The van der Waals surface area contributed by atoms with E-state index in [0.717, 1.165) is 60.7 Å². The van der Waals surface area contributed by atoms with Gasteiger partial charge in [-0.3, -0.25) is 4.79 Å². The summed E-state index contributed by atoms with van der Waals surface area (Å²) in [7, 11) is 0. The average molecular weight is 432 g/mol. The van der Waals surface area contributed by atoms with Gasteiger partial charge >= 0.3 is 5.69 Å². The number of aromatic nitrogens is 3. The van der Waals surface area contributed by atoms with Gasteiger partial charge in [-0.25, -0.2) is 14.5 Å². The van der Waals surface area contributed by atoms with Crippen LogP contribution in [0.1, 0.15) is 25.1 Å². The first-order valence-electron chi connectivity index (χ1n) is 11.1. The van der Waals surface area contributed by atoms with Gasteiger partial charge in [0.2, 0.25) is 12.7 Å². The molecule has 8 heteroatoms. The van der Waals surface area contributed by atoms with Crippen molar-refractivity contribution < 1.29 is 14.3 Å². The van der Waals surface area contributed by atoms with E-state index in [1.807, 2.05) is 47.4 Å². The molecule has 1 aromatic heterocycles. The van der Waals surface area contributed by atoms with E-state index in [1.54, 1.807) is 4.57 Å². The first-order valence-corrected chi connectivity index (χ1v) is 11.1. The van der Waals surface area contributed by atoms with E-state index in [-0.39, 0.29) is 18.4 Å². The molecular formula is C24H24N4O4. The van der Waals surface area contributed by atoms with Gasteiger partial charge in [-0.15, -0.1) is 0 Å². The van der Waals surface area contributed by atoms with Crippen LogP contribution in [0.2, 0.25) is 0 Å². The average Bonchev–Trinajstić information content (AvgIpc) is 3.20. The summed E-state index contributed by atoms with van der Waals surface area (Å²) in [5.41, 5.74) is 2.56. The van der Waals surface area contributed by atoms with Crippen LogP contribution in [0.5, 0.6) is 11.5 Å².